The predicted molar refractivity (Wildman–Crippen MR) is 68.2 cm³/mol. The summed E-state index contributed by atoms with van der Waals surface area (Å²) in [6, 6.07) is 9.55. The standard InChI is InChI=1S/C14H9F3N2O/c15-14(16,17)20-11-4-2-1-3-10(11)13-12-9(5-7-18-12)6-8-19-13/h1-8,18H. The lowest BCUT2D eigenvalue weighted by molar-refractivity contribution is -0.274. The summed E-state index contributed by atoms with van der Waals surface area (Å²) >= 11 is 0. The summed E-state index contributed by atoms with van der Waals surface area (Å²) in [7, 11) is 0. The Labute approximate surface area is 112 Å². The van der Waals surface area contributed by atoms with E-state index in [9.17, 15) is 13.2 Å². The van der Waals surface area contributed by atoms with Crippen molar-refractivity contribution in [2.45, 2.75) is 6.36 Å². The van der Waals surface area contributed by atoms with Gasteiger partial charge in [0, 0.05) is 23.3 Å². The molecule has 0 atom stereocenters. The van der Waals surface area contributed by atoms with Crippen molar-refractivity contribution in [2.75, 3.05) is 0 Å². The number of aromatic amines is 1. The van der Waals surface area contributed by atoms with E-state index in [4.69, 9.17) is 0 Å². The van der Waals surface area contributed by atoms with Gasteiger partial charge in [-0.25, -0.2) is 0 Å². The molecule has 0 aliphatic heterocycles. The molecule has 0 saturated heterocycles. The summed E-state index contributed by atoms with van der Waals surface area (Å²) in [4.78, 5) is 7.14. The van der Waals surface area contributed by atoms with Crippen LogP contribution in [0.15, 0.2) is 48.8 Å². The third-order valence-corrected chi connectivity index (χ3v) is 2.84. The molecule has 0 amide bonds. The van der Waals surface area contributed by atoms with Crippen molar-refractivity contribution in [2.24, 2.45) is 0 Å². The number of fused-ring (bicyclic) bond motifs is 1. The number of ether oxygens (including phenoxy) is 1. The van der Waals surface area contributed by atoms with Crippen LogP contribution in [0.3, 0.4) is 0 Å². The zero-order valence-electron chi connectivity index (χ0n) is 10.1. The number of nitrogens with one attached hydrogen (secondary N) is 1. The molecule has 102 valence electrons. The molecule has 3 rings (SSSR count). The van der Waals surface area contributed by atoms with Gasteiger partial charge in [-0.15, -0.1) is 13.2 Å². The largest absolute Gasteiger partial charge is 0.573 e. The van der Waals surface area contributed by atoms with Crippen molar-refractivity contribution in [3.8, 4) is 17.0 Å². The average Bonchev–Trinajstić information content (AvgIpc) is 2.85. The number of pyridine rings is 1. The predicted octanol–water partition coefficient (Wildman–Crippen LogP) is 4.13. The summed E-state index contributed by atoms with van der Waals surface area (Å²) < 4.78 is 41.4. The van der Waals surface area contributed by atoms with Gasteiger partial charge < -0.3 is 9.72 Å². The zero-order valence-corrected chi connectivity index (χ0v) is 10.1. The highest BCUT2D eigenvalue weighted by Gasteiger charge is 2.32. The first-order valence-corrected chi connectivity index (χ1v) is 5.82. The van der Waals surface area contributed by atoms with Gasteiger partial charge in [-0.3, -0.25) is 4.98 Å². The van der Waals surface area contributed by atoms with E-state index in [0.29, 0.717) is 11.2 Å². The van der Waals surface area contributed by atoms with E-state index in [2.05, 4.69) is 14.7 Å². The van der Waals surface area contributed by atoms with Crippen molar-refractivity contribution >= 4 is 10.9 Å². The van der Waals surface area contributed by atoms with Crippen LogP contribution < -0.4 is 4.74 Å². The topological polar surface area (TPSA) is 37.9 Å². The van der Waals surface area contributed by atoms with E-state index < -0.39 is 6.36 Å². The Kier molecular flexibility index (Phi) is 2.85. The molecule has 6 heteroatoms. The molecule has 2 heterocycles. The van der Waals surface area contributed by atoms with E-state index in [1.54, 1.807) is 30.6 Å². The molecule has 0 bridgehead atoms. The fourth-order valence-corrected chi connectivity index (χ4v) is 2.06. The fourth-order valence-electron chi connectivity index (χ4n) is 2.06. The summed E-state index contributed by atoms with van der Waals surface area (Å²) in [6.07, 6.45) is -1.47. The maximum Gasteiger partial charge on any atom is 0.573 e. The number of alkyl halides is 3. The first-order valence-electron chi connectivity index (χ1n) is 5.82. The first-order chi connectivity index (χ1) is 9.54. The molecule has 0 aliphatic carbocycles. The van der Waals surface area contributed by atoms with Crippen molar-refractivity contribution < 1.29 is 17.9 Å². The van der Waals surface area contributed by atoms with Crippen LogP contribution in [-0.4, -0.2) is 16.3 Å². The van der Waals surface area contributed by atoms with Crippen molar-refractivity contribution in [1.29, 1.82) is 0 Å². The van der Waals surface area contributed by atoms with Gasteiger partial charge in [-0.1, -0.05) is 12.1 Å². The lowest BCUT2D eigenvalue weighted by atomic mass is 10.1. The maximum atomic E-state index is 12.4. The minimum absolute atomic E-state index is 0.269. The number of rotatable bonds is 2. The monoisotopic (exact) mass is 278 g/mol. The molecule has 0 radical (unpaired) electrons. The SMILES string of the molecule is FC(F)(F)Oc1ccccc1-c1nccc2cc[nH]c12. The van der Waals surface area contributed by atoms with Gasteiger partial charge in [-0.2, -0.15) is 0 Å². The Bertz CT molecular complexity index is 749. The summed E-state index contributed by atoms with van der Waals surface area (Å²) in [5.41, 5.74) is 1.39. The third kappa shape index (κ3) is 2.32. The van der Waals surface area contributed by atoms with E-state index in [-0.39, 0.29) is 11.3 Å². The minimum Gasteiger partial charge on any atom is -0.405 e. The van der Waals surface area contributed by atoms with Crippen molar-refractivity contribution in [1.82, 2.24) is 9.97 Å². The third-order valence-electron chi connectivity index (χ3n) is 2.84. The van der Waals surface area contributed by atoms with Gasteiger partial charge in [0.2, 0.25) is 0 Å². The Hall–Kier alpha value is -2.50. The maximum absolute atomic E-state index is 12.4. The molecular weight excluding hydrogens is 269 g/mol. The van der Waals surface area contributed by atoms with E-state index >= 15 is 0 Å². The quantitative estimate of drug-likeness (QED) is 0.765. The van der Waals surface area contributed by atoms with Gasteiger partial charge >= 0.3 is 6.36 Å². The number of H-pyrrole nitrogens is 1. The molecule has 0 fully saturated rings. The number of halogens is 3. The van der Waals surface area contributed by atoms with Crippen LogP contribution in [0.5, 0.6) is 5.75 Å². The number of benzene rings is 1. The van der Waals surface area contributed by atoms with Gasteiger partial charge in [-0.05, 0) is 24.3 Å². The van der Waals surface area contributed by atoms with Crippen LogP contribution >= 0.6 is 0 Å². The minimum atomic E-state index is -4.74. The fraction of sp³-hybridized carbons (Fsp3) is 0.0714. The molecule has 0 spiro atoms. The van der Waals surface area contributed by atoms with Gasteiger partial charge in [0.25, 0.3) is 0 Å². The Balaban J connectivity index is 2.17. The first kappa shape index (κ1) is 12.5. The van der Waals surface area contributed by atoms with Crippen LogP contribution in [0.25, 0.3) is 22.2 Å². The van der Waals surface area contributed by atoms with Crippen LogP contribution in [0.2, 0.25) is 0 Å². The van der Waals surface area contributed by atoms with Crippen LogP contribution in [0.4, 0.5) is 13.2 Å². The molecule has 20 heavy (non-hydrogen) atoms. The van der Waals surface area contributed by atoms with Crippen molar-refractivity contribution in [3.63, 3.8) is 0 Å². The van der Waals surface area contributed by atoms with Crippen molar-refractivity contribution in [3.05, 3.63) is 48.8 Å². The summed E-state index contributed by atoms with van der Waals surface area (Å²) in [5, 5.41) is 0.872. The Morgan fingerprint density at radius 2 is 1.85 bits per heavy atom. The van der Waals surface area contributed by atoms with Gasteiger partial charge in [0.05, 0.1) is 11.2 Å². The normalized spacial score (nSPS) is 11.8. The van der Waals surface area contributed by atoms with Gasteiger partial charge in [0.1, 0.15) is 5.75 Å². The Morgan fingerprint density at radius 3 is 2.65 bits per heavy atom. The molecule has 1 aromatic carbocycles. The molecule has 0 unspecified atom stereocenters. The van der Waals surface area contributed by atoms with Crippen LogP contribution in [0, 0.1) is 0 Å². The second-order valence-electron chi connectivity index (χ2n) is 4.15. The highest BCUT2D eigenvalue weighted by Crippen LogP contribution is 2.35. The molecule has 2 aromatic heterocycles. The van der Waals surface area contributed by atoms with E-state index in [0.717, 1.165) is 5.39 Å². The van der Waals surface area contributed by atoms with Crippen LogP contribution in [0.1, 0.15) is 0 Å². The number of nitrogens with zero attached hydrogens (tertiary/aromatic N) is 1. The smallest absolute Gasteiger partial charge is 0.405 e. The molecular formula is C14H9F3N2O. The molecule has 1 N–H and O–H groups in total. The van der Waals surface area contributed by atoms with E-state index in [1.165, 1.54) is 12.1 Å². The average molecular weight is 278 g/mol. The highest BCUT2D eigenvalue weighted by atomic mass is 19.4. The Morgan fingerprint density at radius 1 is 1.05 bits per heavy atom. The lowest BCUT2D eigenvalue weighted by Gasteiger charge is -2.13. The van der Waals surface area contributed by atoms with Gasteiger partial charge in [0.15, 0.2) is 0 Å². The number of hydrogen-bond acceptors (Lipinski definition) is 2. The summed E-state index contributed by atoms with van der Waals surface area (Å²) in [5.74, 6) is -0.269. The molecule has 0 saturated carbocycles. The second kappa shape index (κ2) is 4.56. The highest BCUT2D eigenvalue weighted by molar-refractivity contribution is 5.93. The zero-order chi connectivity index (χ0) is 14.2. The molecule has 0 aliphatic rings. The number of aromatic nitrogens is 2. The number of para-hydroxylation sites is 1. The second-order valence-corrected chi connectivity index (χ2v) is 4.15. The molecule has 3 nitrogen and oxygen atoms in total. The molecule has 3 aromatic rings. The lowest BCUT2D eigenvalue weighted by Crippen LogP contribution is -2.17. The summed E-state index contributed by atoms with van der Waals surface area (Å²) in [6.45, 7) is 0. The van der Waals surface area contributed by atoms with Crippen LogP contribution in [-0.2, 0) is 0 Å². The number of hydrogen-bond donors (Lipinski definition) is 1. The van der Waals surface area contributed by atoms with E-state index in [1.807, 2.05) is 6.07 Å².